The third-order valence-corrected chi connectivity index (χ3v) is 7.22. The maximum atomic E-state index is 12.6. The third kappa shape index (κ3) is 5.92. The number of sulfonamides is 1. The van der Waals surface area contributed by atoms with Gasteiger partial charge < -0.3 is 10.0 Å². The minimum atomic E-state index is -3.21. The molecule has 1 amide bonds. The van der Waals surface area contributed by atoms with Crippen LogP contribution >= 0.6 is 0 Å². The Bertz CT molecular complexity index is 579. The minimum absolute atomic E-state index is 0.0169. The van der Waals surface area contributed by atoms with Crippen LogP contribution in [-0.2, 0) is 19.6 Å². The van der Waals surface area contributed by atoms with Crippen molar-refractivity contribution >= 4 is 21.9 Å². The Morgan fingerprint density at radius 1 is 1.00 bits per heavy atom. The molecule has 26 heavy (non-hydrogen) atoms. The average molecular weight is 390 g/mol. The molecule has 2 aliphatic rings. The molecule has 2 rings (SSSR count). The standard InChI is InChI=1S/C17H31N3O5S/c1-2-26(24,25)20-11-7-15(8-12-20)19(14-17(22)23)13-16(21)18-9-5-3-4-6-10-18/h15H,2-14H2,1H3,(H,22,23). The van der Waals surface area contributed by atoms with Crippen LogP contribution in [0.1, 0.15) is 45.4 Å². The monoisotopic (exact) mass is 389 g/mol. The Labute approximate surface area is 156 Å². The van der Waals surface area contributed by atoms with Crippen molar-refractivity contribution in [2.45, 2.75) is 51.5 Å². The van der Waals surface area contributed by atoms with Crippen molar-refractivity contribution in [3.8, 4) is 0 Å². The SMILES string of the molecule is CCS(=O)(=O)N1CCC(N(CC(=O)O)CC(=O)N2CCCCCC2)CC1. The van der Waals surface area contributed by atoms with Gasteiger partial charge in [0, 0.05) is 32.2 Å². The number of nitrogens with zero attached hydrogens (tertiary/aromatic N) is 3. The zero-order valence-corrected chi connectivity index (χ0v) is 16.4. The van der Waals surface area contributed by atoms with Crippen molar-refractivity contribution in [3.05, 3.63) is 0 Å². The summed E-state index contributed by atoms with van der Waals surface area (Å²) in [5.74, 6) is -0.904. The molecule has 0 saturated carbocycles. The van der Waals surface area contributed by atoms with Gasteiger partial charge in [-0.15, -0.1) is 0 Å². The van der Waals surface area contributed by atoms with Crippen molar-refractivity contribution in [1.29, 1.82) is 0 Å². The van der Waals surface area contributed by atoms with Crippen LogP contribution in [0.4, 0.5) is 0 Å². The van der Waals surface area contributed by atoms with E-state index in [1.165, 1.54) is 4.31 Å². The first-order chi connectivity index (χ1) is 12.3. The van der Waals surface area contributed by atoms with Gasteiger partial charge in [-0.1, -0.05) is 12.8 Å². The summed E-state index contributed by atoms with van der Waals surface area (Å²) in [6.07, 6.45) is 5.37. The number of piperidine rings is 1. The Morgan fingerprint density at radius 2 is 1.58 bits per heavy atom. The Balaban J connectivity index is 1.96. The second kappa shape index (κ2) is 9.66. The predicted octanol–water partition coefficient (Wildman–Crippen LogP) is 0.590. The van der Waals surface area contributed by atoms with E-state index in [-0.39, 0.29) is 30.8 Å². The summed E-state index contributed by atoms with van der Waals surface area (Å²) in [6, 6.07) is -0.0784. The number of hydrogen-bond acceptors (Lipinski definition) is 5. The van der Waals surface area contributed by atoms with E-state index in [1.807, 2.05) is 4.90 Å². The van der Waals surface area contributed by atoms with Crippen molar-refractivity contribution < 1.29 is 23.1 Å². The molecule has 0 radical (unpaired) electrons. The fourth-order valence-electron chi connectivity index (χ4n) is 3.75. The van der Waals surface area contributed by atoms with Gasteiger partial charge in [0.15, 0.2) is 0 Å². The van der Waals surface area contributed by atoms with Crippen LogP contribution in [-0.4, -0.2) is 90.6 Å². The molecule has 0 aromatic heterocycles. The molecule has 0 bridgehead atoms. The molecular weight excluding hydrogens is 358 g/mol. The minimum Gasteiger partial charge on any atom is -0.480 e. The lowest BCUT2D eigenvalue weighted by Gasteiger charge is -2.37. The molecule has 9 heteroatoms. The summed E-state index contributed by atoms with van der Waals surface area (Å²) in [5, 5.41) is 9.23. The van der Waals surface area contributed by atoms with Gasteiger partial charge in [0.25, 0.3) is 0 Å². The highest BCUT2D eigenvalue weighted by Crippen LogP contribution is 2.20. The van der Waals surface area contributed by atoms with Gasteiger partial charge in [-0.3, -0.25) is 14.5 Å². The third-order valence-electron chi connectivity index (χ3n) is 5.33. The molecule has 2 heterocycles. The molecule has 0 unspecified atom stereocenters. The Kier molecular flexibility index (Phi) is 7.85. The summed E-state index contributed by atoms with van der Waals surface area (Å²) >= 11 is 0. The van der Waals surface area contributed by atoms with Crippen LogP contribution in [0.5, 0.6) is 0 Å². The highest BCUT2D eigenvalue weighted by Gasteiger charge is 2.32. The number of aliphatic carboxylic acids is 1. The summed E-state index contributed by atoms with van der Waals surface area (Å²) in [5.41, 5.74) is 0. The van der Waals surface area contributed by atoms with Gasteiger partial charge in [-0.2, -0.15) is 0 Å². The fourth-order valence-corrected chi connectivity index (χ4v) is 4.88. The van der Waals surface area contributed by atoms with Gasteiger partial charge in [0.2, 0.25) is 15.9 Å². The van der Waals surface area contributed by atoms with E-state index >= 15 is 0 Å². The quantitative estimate of drug-likeness (QED) is 0.684. The van der Waals surface area contributed by atoms with Gasteiger partial charge in [0.1, 0.15) is 0 Å². The van der Waals surface area contributed by atoms with Crippen molar-refractivity contribution in [1.82, 2.24) is 14.1 Å². The van der Waals surface area contributed by atoms with Crippen molar-refractivity contribution in [2.75, 3.05) is 45.0 Å². The van der Waals surface area contributed by atoms with Crippen LogP contribution in [0, 0.1) is 0 Å². The van der Waals surface area contributed by atoms with Gasteiger partial charge in [-0.05, 0) is 32.6 Å². The molecule has 1 N–H and O–H groups in total. The van der Waals surface area contributed by atoms with Gasteiger partial charge in [0.05, 0.1) is 18.8 Å². The number of amides is 1. The number of rotatable bonds is 7. The molecule has 2 fully saturated rings. The highest BCUT2D eigenvalue weighted by atomic mass is 32.2. The lowest BCUT2D eigenvalue weighted by Crippen LogP contribution is -2.51. The molecule has 150 valence electrons. The summed E-state index contributed by atoms with van der Waals surface area (Å²) in [4.78, 5) is 27.5. The Morgan fingerprint density at radius 3 is 2.08 bits per heavy atom. The van der Waals surface area contributed by atoms with Crippen LogP contribution in [0.3, 0.4) is 0 Å². The van der Waals surface area contributed by atoms with E-state index in [0.29, 0.717) is 25.9 Å². The highest BCUT2D eigenvalue weighted by molar-refractivity contribution is 7.89. The molecule has 8 nitrogen and oxygen atoms in total. The lowest BCUT2D eigenvalue weighted by atomic mass is 10.0. The molecular formula is C17H31N3O5S. The molecule has 0 aromatic carbocycles. The molecule has 0 atom stereocenters. The predicted molar refractivity (Wildman–Crippen MR) is 98.3 cm³/mol. The molecule has 2 saturated heterocycles. The number of carbonyl (C=O) groups excluding carboxylic acids is 1. The molecule has 2 aliphatic heterocycles. The average Bonchev–Trinajstić information content (AvgIpc) is 2.90. The number of carboxylic acids is 1. The smallest absolute Gasteiger partial charge is 0.317 e. The Hall–Kier alpha value is -1.19. The number of carbonyl (C=O) groups is 2. The lowest BCUT2D eigenvalue weighted by molar-refractivity contribution is -0.141. The maximum Gasteiger partial charge on any atom is 0.317 e. The maximum absolute atomic E-state index is 12.6. The first-order valence-corrected chi connectivity index (χ1v) is 11.2. The first kappa shape index (κ1) is 21.1. The molecule has 0 aromatic rings. The van der Waals surface area contributed by atoms with E-state index < -0.39 is 16.0 Å². The zero-order valence-electron chi connectivity index (χ0n) is 15.6. The van der Waals surface area contributed by atoms with Crippen LogP contribution < -0.4 is 0 Å². The largest absolute Gasteiger partial charge is 0.480 e. The van der Waals surface area contributed by atoms with Gasteiger partial charge in [-0.25, -0.2) is 12.7 Å². The van der Waals surface area contributed by atoms with E-state index in [4.69, 9.17) is 0 Å². The number of hydrogen-bond donors (Lipinski definition) is 1. The molecule has 0 aliphatic carbocycles. The first-order valence-electron chi connectivity index (χ1n) is 9.55. The normalized spacial score (nSPS) is 20.9. The van der Waals surface area contributed by atoms with E-state index in [1.54, 1.807) is 11.8 Å². The number of likely N-dealkylation sites (tertiary alicyclic amines) is 1. The van der Waals surface area contributed by atoms with E-state index in [0.717, 1.165) is 38.8 Å². The van der Waals surface area contributed by atoms with Crippen molar-refractivity contribution in [3.63, 3.8) is 0 Å². The van der Waals surface area contributed by atoms with Crippen LogP contribution in [0.25, 0.3) is 0 Å². The number of carboxylic acid groups (broad SMARTS) is 1. The van der Waals surface area contributed by atoms with Crippen LogP contribution in [0.2, 0.25) is 0 Å². The second-order valence-corrected chi connectivity index (χ2v) is 9.38. The second-order valence-electron chi connectivity index (χ2n) is 7.12. The topological polar surface area (TPSA) is 98.2 Å². The summed E-state index contributed by atoms with van der Waals surface area (Å²) in [6.45, 7) is 3.78. The summed E-state index contributed by atoms with van der Waals surface area (Å²) in [7, 11) is -3.21. The van der Waals surface area contributed by atoms with E-state index in [9.17, 15) is 23.1 Å². The summed E-state index contributed by atoms with van der Waals surface area (Å²) < 4.78 is 25.4. The van der Waals surface area contributed by atoms with Crippen molar-refractivity contribution in [2.24, 2.45) is 0 Å². The van der Waals surface area contributed by atoms with Crippen LogP contribution in [0.15, 0.2) is 0 Å². The zero-order chi connectivity index (χ0) is 19.2. The fraction of sp³-hybridized carbons (Fsp3) is 0.882. The van der Waals surface area contributed by atoms with E-state index in [2.05, 4.69) is 0 Å². The molecule has 0 spiro atoms. The van der Waals surface area contributed by atoms with Gasteiger partial charge >= 0.3 is 5.97 Å².